The Labute approximate surface area is 261 Å². The number of piperidine rings is 1. The van der Waals surface area contributed by atoms with Crippen molar-refractivity contribution in [3.63, 3.8) is 0 Å². The van der Waals surface area contributed by atoms with Crippen LogP contribution in [-0.4, -0.2) is 65.5 Å². The third-order valence-corrected chi connectivity index (χ3v) is 8.22. The van der Waals surface area contributed by atoms with Crippen molar-refractivity contribution in [1.29, 1.82) is 0 Å². The van der Waals surface area contributed by atoms with Gasteiger partial charge in [0.1, 0.15) is 17.7 Å². The molecule has 4 aromatic heterocycles. The van der Waals surface area contributed by atoms with Gasteiger partial charge in [-0.3, -0.25) is 9.47 Å². The molecule has 44 heavy (non-hydrogen) atoms. The molecule has 0 bridgehead atoms. The van der Waals surface area contributed by atoms with Gasteiger partial charge in [-0.05, 0) is 66.4 Å². The molecule has 0 aliphatic carbocycles. The smallest absolute Gasteiger partial charge is 0.229 e. The number of pyridine rings is 2. The number of likely N-dealkylation sites (tertiary alicyclic amines) is 1. The molecular formula is C33H31ClN10. The molecule has 6 aromatic rings. The SMILES string of the molecule is [2H]CN(c1ncnc(Cl)n1)C1CCN(Cc2ccc(-n3c(-c4cccnc4N)nc4ccc(-c5ccccc5)nc43)cc2)CC1. The van der Waals surface area contributed by atoms with E-state index in [9.17, 15) is 0 Å². The minimum absolute atomic E-state index is 0.0732. The number of imidazole rings is 1. The number of nitrogens with two attached hydrogens (primary N) is 1. The minimum atomic E-state index is 0.0732. The lowest BCUT2D eigenvalue weighted by molar-refractivity contribution is 0.203. The Bertz CT molecular complexity index is 1920. The zero-order valence-electron chi connectivity index (χ0n) is 25.0. The first kappa shape index (κ1) is 26.7. The Morgan fingerprint density at radius 3 is 2.48 bits per heavy atom. The van der Waals surface area contributed by atoms with Crippen LogP contribution in [0, 0.1) is 0 Å². The van der Waals surface area contributed by atoms with Crippen molar-refractivity contribution >= 4 is 34.5 Å². The normalized spacial score (nSPS) is 14.5. The van der Waals surface area contributed by atoms with Gasteiger partial charge in [-0.1, -0.05) is 42.5 Å². The number of fused-ring (bicyclic) bond motifs is 1. The Kier molecular flexibility index (Phi) is 7.27. The number of anilines is 2. The van der Waals surface area contributed by atoms with Gasteiger partial charge in [-0.2, -0.15) is 4.98 Å². The second kappa shape index (κ2) is 12.0. The number of nitrogen functional groups attached to an aromatic ring is 1. The van der Waals surface area contributed by atoms with Gasteiger partial charge in [0.05, 0.1) is 11.3 Å². The Morgan fingerprint density at radius 1 is 0.909 bits per heavy atom. The summed E-state index contributed by atoms with van der Waals surface area (Å²) in [6.45, 7) is 2.64. The Morgan fingerprint density at radius 2 is 1.73 bits per heavy atom. The van der Waals surface area contributed by atoms with Crippen molar-refractivity contribution in [2.45, 2.75) is 25.4 Å². The van der Waals surface area contributed by atoms with Crippen molar-refractivity contribution in [2.24, 2.45) is 0 Å². The summed E-state index contributed by atoms with van der Waals surface area (Å²) in [5.41, 5.74) is 12.7. The van der Waals surface area contributed by atoms with Crippen molar-refractivity contribution in [3.8, 4) is 28.3 Å². The number of rotatable bonds is 7. The van der Waals surface area contributed by atoms with E-state index in [-0.39, 0.29) is 18.3 Å². The molecular weight excluding hydrogens is 572 g/mol. The van der Waals surface area contributed by atoms with Crippen LogP contribution in [-0.2, 0) is 6.54 Å². The maximum atomic E-state index is 8.05. The van der Waals surface area contributed by atoms with Crippen molar-refractivity contribution in [1.82, 2.24) is 39.4 Å². The fourth-order valence-corrected chi connectivity index (χ4v) is 5.85. The monoisotopic (exact) mass is 603 g/mol. The molecule has 1 fully saturated rings. The van der Waals surface area contributed by atoms with E-state index in [0.717, 1.165) is 66.1 Å². The third kappa shape index (κ3) is 5.57. The van der Waals surface area contributed by atoms with E-state index in [2.05, 4.69) is 65.8 Å². The summed E-state index contributed by atoms with van der Waals surface area (Å²) in [4.78, 5) is 31.0. The van der Waals surface area contributed by atoms with Crippen LogP contribution in [0.2, 0.25) is 5.28 Å². The number of aromatic nitrogens is 7. The van der Waals surface area contributed by atoms with Crippen LogP contribution in [0.15, 0.2) is 91.4 Å². The number of halogens is 1. The van der Waals surface area contributed by atoms with E-state index in [4.69, 9.17) is 28.7 Å². The molecule has 1 aliphatic rings. The van der Waals surface area contributed by atoms with Gasteiger partial charge in [-0.15, -0.1) is 0 Å². The average Bonchev–Trinajstić information content (AvgIpc) is 3.45. The van der Waals surface area contributed by atoms with Crippen LogP contribution in [0.5, 0.6) is 0 Å². The molecule has 0 spiro atoms. The van der Waals surface area contributed by atoms with Crippen LogP contribution in [0.4, 0.5) is 11.8 Å². The standard InChI is InChI=1S/C33H31ClN10/c1-42(33-38-21-37-32(34)41-33)24-15-18-43(19-16-24)20-22-9-11-25(12-10-22)44-30(26-8-5-17-36-29(26)35)40-28-14-13-27(39-31(28)44)23-6-3-2-4-7-23/h2-14,17,21,24H,15-16,18-20H2,1H3,(H2,35,36)/i1D. The highest BCUT2D eigenvalue weighted by Gasteiger charge is 2.24. The third-order valence-electron chi connectivity index (χ3n) is 8.04. The number of benzene rings is 2. The molecule has 2 aromatic carbocycles. The van der Waals surface area contributed by atoms with Gasteiger partial charge in [0, 0.05) is 51.5 Å². The van der Waals surface area contributed by atoms with Crippen molar-refractivity contribution in [3.05, 3.63) is 102 Å². The average molecular weight is 604 g/mol. The summed E-state index contributed by atoms with van der Waals surface area (Å²) < 4.78 is 10.1. The fraction of sp³-hybridized carbons (Fsp3) is 0.212. The van der Waals surface area contributed by atoms with Crippen LogP contribution in [0.1, 0.15) is 19.8 Å². The first-order valence-electron chi connectivity index (χ1n) is 15.2. The molecule has 0 atom stereocenters. The summed E-state index contributed by atoms with van der Waals surface area (Å²) in [5, 5.41) is 0.145. The minimum Gasteiger partial charge on any atom is -0.383 e. The number of hydrogen-bond donors (Lipinski definition) is 1. The zero-order valence-corrected chi connectivity index (χ0v) is 24.7. The molecule has 0 unspecified atom stereocenters. The fourth-order valence-electron chi connectivity index (χ4n) is 5.73. The lowest BCUT2D eigenvalue weighted by atomic mass is 10.0. The predicted octanol–water partition coefficient (Wildman–Crippen LogP) is 5.67. The number of hydrogen-bond acceptors (Lipinski definition) is 9. The maximum Gasteiger partial charge on any atom is 0.229 e. The topological polar surface area (TPSA) is 115 Å². The Balaban J connectivity index is 1.14. The first-order valence-corrected chi connectivity index (χ1v) is 14.8. The van der Waals surface area contributed by atoms with Gasteiger partial charge in [0.25, 0.3) is 0 Å². The molecule has 1 aliphatic heterocycles. The van der Waals surface area contributed by atoms with Gasteiger partial charge in [-0.25, -0.2) is 24.9 Å². The molecule has 11 heteroatoms. The van der Waals surface area contributed by atoms with Crippen molar-refractivity contribution in [2.75, 3.05) is 30.7 Å². The van der Waals surface area contributed by atoms with Gasteiger partial charge in [0.2, 0.25) is 11.2 Å². The molecule has 2 N–H and O–H groups in total. The molecule has 220 valence electrons. The molecule has 7 rings (SSSR count). The lowest BCUT2D eigenvalue weighted by Crippen LogP contribution is -2.43. The van der Waals surface area contributed by atoms with E-state index < -0.39 is 0 Å². The van der Waals surface area contributed by atoms with Crippen LogP contribution >= 0.6 is 11.6 Å². The molecule has 0 saturated carbocycles. The summed E-state index contributed by atoms with van der Waals surface area (Å²) in [6.07, 6.45) is 4.90. The molecule has 0 radical (unpaired) electrons. The summed E-state index contributed by atoms with van der Waals surface area (Å²) in [6, 6.07) is 26.7. The highest BCUT2D eigenvalue weighted by molar-refractivity contribution is 6.28. The van der Waals surface area contributed by atoms with E-state index in [1.54, 1.807) is 6.20 Å². The highest BCUT2D eigenvalue weighted by atomic mass is 35.5. The summed E-state index contributed by atoms with van der Waals surface area (Å²) in [5.74, 6) is 1.57. The van der Waals surface area contributed by atoms with Crippen LogP contribution in [0.3, 0.4) is 0 Å². The van der Waals surface area contributed by atoms with E-state index in [0.29, 0.717) is 17.6 Å². The van der Waals surface area contributed by atoms with Crippen LogP contribution < -0.4 is 10.6 Å². The zero-order chi connectivity index (χ0) is 30.8. The van der Waals surface area contributed by atoms with E-state index >= 15 is 0 Å². The predicted molar refractivity (Wildman–Crippen MR) is 173 cm³/mol. The van der Waals surface area contributed by atoms with Crippen LogP contribution in [0.25, 0.3) is 39.5 Å². The second-order valence-corrected chi connectivity index (χ2v) is 11.1. The van der Waals surface area contributed by atoms with E-state index in [1.165, 1.54) is 11.9 Å². The summed E-state index contributed by atoms with van der Waals surface area (Å²) >= 11 is 5.97. The van der Waals surface area contributed by atoms with E-state index in [1.807, 2.05) is 47.4 Å². The largest absolute Gasteiger partial charge is 0.383 e. The first-order chi connectivity index (χ1) is 22.1. The van der Waals surface area contributed by atoms with Gasteiger partial charge >= 0.3 is 0 Å². The molecule has 5 heterocycles. The number of nitrogens with zero attached hydrogens (tertiary/aromatic N) is 9. The van der Waals surface area contributed by atoms with Gasteiger partial charge < -0.3 is 10.6 Å². The second-order valence-electron chi connectivity index (χ2n) is 10.8. The molecule has 0 amide bonds. The lowest BCUT2D eigenvalue weighted by Gasteiger charge is -2.36. The quantitative estimate of drug-likeness (QED) is 0.246. The summed E-state index contributed by atoms with van der Waals surface area (Å²) in [7, 11) is 0.0732. The van der Waals surface area contributed by atoms with Gasteiger partial charge in [0.15, 0.2) is 11.5 Å². The highest BCUT2D eigenvalue weighted by Crippen LogP contribution is 2.32. The Hall–Kier alpha value is -4.93. The maximum absolute atomic E-state index is 8.05. The van der Waals surface area contributed by atoms with Crippen molar-refractivity contribution < 1.29 is 1.37 Å². The molecule has 1 saturated heterocycles. The molecule has 10 nitrogen and oxygen atoms in total.